The highest BCUT2D eigenvalue weighted by Gasteiger charge is 2.28. The molecule has 0 aliphatic carbocycles. The second-order valence-corrected chi connectivity index (χ2v) is 7.39. The van der Waals surface area contributed by atoms with Crippen LogP contribution >= 0.6 is 0 Å². The Balaban J connectivity index is 1.55. The second-order valence-electron chi connectivity index (χ2n) is 7.39. The molecule has 2 heterocycles. The number of piperidine rings is 1. The molecule has 3 aromatic rings. The van der Waals surface area contributed by atoms with Gasteiger partial charge in [-0.05, 0) is 38.0 Å². The fourth-order valence-electron chi connectivity index (χ4n) is 3.68. The van der Waals surface area contributed by atoms with Crippen LogP contribution in [0, 0.1) is 18.6 Å². The molecule has 148 valence electrons. The lowest BCUT2D eigenvalue weighted by atomic mass is 9.94. The Morgan fingerprint density at radius 2 is 1.90 bits per heavy atom. The summed E-state index contributed by atoms with van der Waals surface area (Å²) in [6.07, 6.45) is 3.42. The van der Waals surface area contributed by atoms with Crippen molar-refractivity contribution in [1.29, 1.82) is 0 Å². The minimum atomic E-state index is -0.833. The lowest BCUT2D eigenvalue weighted by Gasteiger charge is -2.32. The number of rotatable bonds is 3. The molecule has 29 heavy (non-hydrogen) atoms. The van der Waals surface area contributed by atoms with Crippen molar-refractivity contribution in [2.24, 2.45) is 0 Å². The van der Waals surface area contributed by atoms with E-state index in [1.54, 1.807) is 11.1 Å². The summed E-state index contributed by atoms with van der Waals surface area (Å²) < 4.78 is 27.2. The predicted octanol–water partition coefficient (Wildman–Crippen LogP) is 4.75. The van der Waals surface area contributed by atoms with Gasteiger partial charge < -0.3 is 4.90 Å². The average Bonchev–Trinajstić information content (AvgIpc) is 2.74. The molecule has 6 heteroatoms. The molecule has 0 bridgehead atoms. The summed E-state index contributed by atoms with van der Waals surface area (Å²) in [7, 11) is 0. The van der Waals surface area contributed by atoms with E-state index in [1.165, 1.54) is 11.6 Å². The van der Waals surface area contributed by atoms with Crippen LogP contribution in [0.2, 0.25) is 0 Å². The zero-order chi connectivity index (χ0) is 20.4. The van der Waals surface area contributed by atoms with Gasteiger partial charge in [-0.3, -0.25) is 4.79 Å². The third-order valence-corrected chi connectivity index (χ3v) is 5.28. The molecule has 0 saturated carbocycles. The zero-order valence-corrected chi connectivity index (χ0v) is 16.1. The minimum Gasteiger partial charge on any atom is -0.338 e. The highest BCUT2D eigenvalue weighted by Crippen LogP contribution is 2.28. The maximum absolute atomic E-state index is 14.0. The SMILES string of the molecule is Cc1ccc(-c2nccc([C@@H]3CCCN(C(=O)c4ccc(F)cc4F)C3)n2)cc1. The molecule has 4 rings (SSSR count). The first-order valence-electron chi connectivity index (χ1n) is 9.65. The molecule has 0 radical (unpaired) electrons. The van der Waals surface area contributed by atoms with E-state index >= 15 is 0 Å². The van der Waals surface area contributed by atoms with Gasteiger partial charge in [-0.15, -0.1) is 0 Å². The van der Waals surface area contributed by atoms with Crippen LogP contribution in [0.3, 0.4) is 0 Å². The molecule has 1 aliphatic rings. The number of carbonyl (C=O) groups is 1. The first-order chi connectivity index (χ1) is 14.0. The van der Waals surface area contributed by atoms with Gasteiger partial charge in [0.1, 0.15) is 11.6 Å². The maximum atomic E-state index is 14.0. The molecule has 4 nitrogen and oxygen atoms in total. The largest absolute Gasteiger partial charge is 0.338 e. The smallest absolute Gasteiger partial charge is 0.256 e. The Morgan fingerprint density at radius 1 is 1.10 bits per heavy atom. The van der Waals surface area contributed by atoms with Gasteiger partial charge in [-0.2, -0.15) is 0 Å². The normalized spacial score (nSPS) is 16.7. The number of aryl methyl sites for hydroxylation is 1. The third-order valence-electron chi connectivity index (χ3n) is 5.28. The van der Waals surface area contributed by atoms with Crippen LogP contribution in [0.5, 0.6) is 0 Å². The van der Waals surface area contributed by atoms with E-state index in [0.29, 0.717) is 18.9 Å². The highest BCUT2D eigenvalue weighted by atomic mass is 19.1. The van der Waals surface area contributed by atoms with Gasteiger partial charge in [0.2, 0.25) is 0 Å². The van der Waals surface area contributed by atoms with Gasteiger partial charge in [0.15, 0.2) is 5.82 Å². The van der Waals surface area contributed by atoms with E-state index in [1.807, 2.05) is 37.3 Å². The van der Waals surface area contributed by atoms with Gasteiger partial charge in [-0.1, -0.05) is 29.8 Å². The van der Waals surface area contributed by atoms with Gasteiger partial charge in [0.25, 0.3) is 5.91 Å². The Bertz CT molecular complexity index is 1040. The number of hydrogen-bond donors (Lipinski definition) is 0. The van der Waals surface area contributed by atoms with Gasteiger partial charge in [-0.25, -0.2) is 18.7 Å². The molecule has 1 amide bonds. The molecule has 1 saturated heterocycles. The molecule has 2 aromatic carbocycles. The Hall–Kier alpha value is -3.15. The number of benzene rings is 2. The lowest BCUT2D eigenvalue weighted by Crippen LogP contribution is -2.39. The van der Waals surface area contributed by atoms with Crippen LogP contribution in [-0.2, 0) is 0 Å². The van der Waals surface area contributed by atoms with Crippen molar-refractivity contribution in [2.75, 3.05) is 13.1 Å². The first kappa shape index (κ1) is 19.2. The molecule has 1 aromatic heterocycles. The maximum Gasteiger partial charge on any atom is 0.256 e. The molecular weight excluding hydrogens is 372 g/mol. The summed E-state index contributed by atoms with van der Waals surface area (Å²) in [4.78, 5) is 23.5. The molecule has 1 aliphatic heterocycles. The van der Waals surface area contributed by atoms with Crippen molar-refractivity contribution < 1.29 is 13.6 Å². The lowest BCUT2D eigenvalue weighted by molar-refractivity contribution is 0.0701. The number of aromatic nitrogens is 2. The van der Waals surface area contributed by atoms with Gasteiger partial charge in [0, 0.05) is 42.5 Å². The zero-order valence-electron chi connectivity index (χ0n) is 16.1. The van der Waals surface area contributed by atoms with E-state index in [0.717, 1.165) is 36.2 Å². The molecular formula is C23H21F2N3O. The average molecular weight is 393 g/mol. The van der Waals surface area contributed by atoms with Crippen LogP contribution < -0.4 is 0 Å². The summed E-state index contributed by atoms with van der Waals surface area (Å²) in [5.74, 6) is -1.25. The standard InChI is InChI=1S/C23H21F2N3O/c1-15-4-6-16(7-5-15)22-26-11-10-21(27-22)17-3-2-12-28(14-17)23(29)19-9-8-18(24)13-20(19)25/h4-11,13,17H,2-3,12,14H2,1H3/t17-/m1/s1. The van der Waals surface area contributed by atoms with Crippen molar-refractivity contribution in [3.63, 3.8) is 0 Å². The quantitative estimate of drug-likeness (QED) is 0.645. The summed E-state index contributed by atoms with van der Waals surface area (Å²) >= 11 is 0. The molecule has 0 spiro atoms. The summed E-state index contributed by atoms with van der Waals surface area (Å²) in [6.45, 7) is 3.01. The van der Waals surface area contributed by atoms with Crippen LogP contribution in [0.1, 0.15) is 40.4 Å². The highest BCUT2D eigenvalue weighted by molar-refractivity contribution is 5.94. The van der Waals surface area contributed by atoms with Crippen LogP contribution in [0.25, 0.3) is 11.4 Å². The first-order valence-corrected chi connectivity index (χ1v) is 9.65. The number of carbonyl (C=O) groups excluding carboxylic acids is 1. The van der Waals surface area contributed by atoms with Crippen LogP contribution in [0.15, 0.2) is 54.7 Å². The van der Waals surface area contributed by atoms with Crippen molar-refractivity contribution in [3.05, 3.63) is 83.2 Å². The predicted molar refractivity (Wildman–Crippen MR) is 106 cm³/mol. The number of amides is 1. The van der Waals surface area contributed by atoms with E-state index in [4.69, 9.17) is 4.98 Å². The fraction of sp³-hybridized carbons (Fsp3) is 0.261. The number of hydrogen-bond acceptors (Lipinski definition) is 3. The third kappa shape index (κ3) is 4.16. The summed E-state index contributed by atoms with van der Waals surface area (Å²) in [6, 6.07) is 12.9. The second kappa shape index (κ2) is 8.07. The van der Waals surface area contributed by atoms with Gasteiger partial charge >= 0.3 is 0 Å². The molecule has 0 unspecified atom stereocenters. The van der Waals surface area contributed by atoms with Crippen molar-refractivity contribution in [1.82, 2.24) is 14.9 Å². The molecule has 1 atom stereocenters. The van der Waals surface area contributed by atoms with Crippen LogP contribution in [-0.4, -0.2) is 33.9 Å². The van der Waals surface area contributed by atoms with E-state index in [-0.39, 0.29) is 11.5 Å². The summed E-state index contributed by atoms with van der Waals surface area (Å²) in [5, 5.41) is 0. The summed E-state index contributed by atoms with van der Waals surface area (Å²) in [5.41, 5.74) is 2.87. The molecule has 0 N–H and O–H groups in total. The Morgan fingerprint density at radius 3 is 2.66 bits per heavy atom. The monoisotopic (exact) mass is 393 g/mol. The number of nitrogens with zero attached hydrogens (tertiary/aromatic N) is 3. The van der Waals surface area contributed by atoms with Crippen LogP contribution in [0.4, 0.5) is 8.78 Å². The van der Waals surface area contributed by atoms with Crippen molar-refractivity contribution in [2.45, 2.75) is 25.7 Å². The number of likely N-dealkylation sites (tertiary alicyclic amines) is 1. The van der Waals surface area contributed by atoms with E-state index in [9.17, 15) is 13.6 Å². The van der Waals surface area contributed by atoms with Crippen molar-refractivity contribution >= 4 is 5.91 Å². The number of halogens is 2. The van der Waals surface area contributed by atoms with E-state index in [2.05, 4.69) is 4.98 Å². The van der Waals surface area contributed by atoms with E-state index < -0.39 is 17.5 Å². The van der Waals surface area contributed by atoms with Crippen molar-refractivity contribution in [3.8, 4) is 11.4 Å². The topological polar surface area (TPSA) is 46.1 Å². The Kier molecular flexibility index (Phi) is 5.34. The fourth-order valence-corrected chi connectivity index (χ4v) is 3.68. The molecule has 1 fully saturated rings. The Labute approximate surface area is 168 Å². The van der Waals surface area contributed by atoms with Gasteiger partial charge in [0.05, 0.1) is 5.56 Å². The minimum absolute atomic E-state index is 0.0448.